The highest BCUT2D eigenvalue weighted by molar-refractivity contribution is 9.10. The molecule has 2 rings (SSSR count). The zero-order valence-corrected chi connectivity index (χ0v) is 13.3. The Morgan fingerprint density at radius 3 is 2.86 bits per heavy atom. The van der Waals surface area contributed by atoms with E-state index in [0.29, 0.717) is 17.1 Å². The third-order valence-electron chi connectivity index (χ3n) is 3.30. The van der Waals surface area contributed by atoms with Crippen molar-refractivity contribution < 1.29 is 9.34 Å². The Hall–Kier alpha value is -1.66. The van der Waals surface area contributed by atoms with Crippen molar-refractivity contribution in [1.82, 2.24) is 5.32 Å². The predicted molar refractivity (Wildman–Crippen MR) is 84.1 cm³/mol. The van der Waals surface area contributed by atoms with Gasteiger partial charge in [0.2, 0.25) is 0 Å². The summed E-state index contributed by atoms with van der Waals surface area (Å²) in [5, 5.41) is 14.3. The fourth-order valence-electron chi connectivity index (χ4n) is 2.04. The first-order valence-electron chi connectivity index (χ1n) is 6.75. The lowest BCUT2D eigenvalue weighted by molar-refractivity contribution is -0.385. The third-order valence-corrected chi connectivity index (χ3v) is 4.22. The van der Waals surface area contributed by atoms with Crippen molar-refractivity contribution in [3.05, 3.63) is 62.5 Å². The topological polar surface area (TPSA) is 68.3 Å². The number of rotatable bonds is 7. The Bertz CT molecular complexity index is 599. The molecule has 1 N–H and O–H groups in total. The van der Waals surface area contributed by atoms with Crippen LogP contribution in [0.5, 0.6) is 0 Å². The van der Waals surface area contributed by atoms with Crippen molar-refractivity contribution in [2.24, 2.45) is 0 Å². The summed E-state index contributed by atoms with van der Waals surface area (Å²) >= 11 is 3.31. The molecule has 0 bridgehead atoms. The molecule has 0 fully saturated rings. The molecule has 0 radical (unpaired) electrons. The quantitative estimate of drug-likeness (QED) is 0.602. The largest absolute Gasteiger partial charge is 0.469 e. The van der Waals surface area contributed by atoms with Gasteiger partial charge < -0.3 is 9.73 Å². The summed E-state index contributed by atoms with van der Waals surface area (Å²) < 4.78 is 5.84. The second kappa shape index (κ2) is 7.38. The van der Waals surface area contributed by atoms with Crippen LogP contribution in [0.2, 0.25) is 0 Å². The van der Waals surface area contributed by atoms with Gasteiger partial charge in [-0.15, -0.1) is 0 Å². The molecular formula is C15H17BrN2O3. The van der Waals surface area contributed by atoms with Crippen LogP contribution >= 0.6 is 15.9 Å². The van der Waals surface area contributed by atoms with Crippen molar-refractivity contribution >= 4 is 21.6 Å². The molecule has 0 amide bonds. The Balaban J connectivity index is 1.87. The van der Waals surface area contributed by atoms with Gasteiger partial charge in [0.15, 0.2) is 0 Å². The van der Waals surface area contributed by atoms with Crippen molar-refractivity contribution in [3.8, 4) is 0 Å². The average Bonchev–Trinajstić information content (AvgIpc) is 2.97. The lowest BCUT2D eigenvalue weighted by atomic mass is 10.1. The number of furan rings is 1. The van der Waals surface area contributed by atoms with E-state index in [9.17, 15) is 10.1 Å². The van der Waals surface area contributed by atoms with Gasteiger partial charge in [-0.05, 0) is 47.0 Å². The van der Waals surface area contributed by atoms with Gasteiger partial charge in [-0.3, -0.25) is 10.1 Å². The first kappa shape index (κ1) is 15.7. The fourth-order valence-corrected chi connectivity index (χ4v) is 2.59. The predicted octanol–water partition coefficient (Wildman–Crippen LogP) is 4.06. The minimum absolute atomic E-state index is 0.0949. The molecule has 0 aliphatic rings. The van der Waals surface area contributed by atoms with Gasteiger partial charge in [0.05, 0.1) is 15.7 Å². The van der Waals surface area contributed by atoms with E-state index in [4.69, 9.17) is 4.42 Å². The molecule has 2 aromatic rings. The minimum Gasteiger partial charge on any atom is -0.469 e. The van der Waals surface area contributed by atoms with Crippen molar-refractivity contribution in [2.45, 2.75) is 32.4 Å². The van der Waals surface area contributed by atoms with Crippen LogP contribution in [0.3, 0.4) is 0 Å². The molecule has 1 aromatic carbocycles. The molecule has 5 nitrogen and oxygen atoms in total. The van der Waals surface area contributed by atoms with Crippen LogP contribution in [0.15, 0.2) is 45.5 Å². The highest BCUT2D eigenvalue weighted by Gasteiger charge is 2.15. The normalized spacial score (nSPS) is 12.3. The Labute approximate surface area is 131 Å². The summed E-state index contributed by atoms with van der Waals surface area (Å²) in [5.74, 6) is 0.972. The van der Waals surface area contributed by atoms with Crippen LogP contribution in [0.25, 0.3) is 0 Å². The summed E-state index contributed by atoms with van der Waals surface area (Å²) in [4.78, 5) is 10.5. The van der Waals surface area contributed by atoms with Gasteiger partial charge in [0.1, 0.15) is 5.76 Å². The van der Waals surface area contributed by atoms with E-state index in [-0.39, 0.29) is 10.6 Å². The summed E-state index contributed by atoms with van der Waals surface area (Å²) in [7, 11) is 0. The molecule has 6 heteroatoms. The molecule has 1 heterocycles. The first-order valence-corrected chi connectivity index (χ1v) is 7.54. The van der Waals surface area contributed by atoms with E-state index in [1.54, 1.807) is 12.3 Å². The highest BCUT2D eigenvalue weighted by Crippen LogP contribution is 2.28. The van der Waals surface area contributed by atoms with Crippen molar-refractivity contribution in [2.75, 3.05) is 0 Å². The van der Waals surface area contributed by atoms with E-state index in [2.05, 4.69) is 28.2 Å². The summed E-state index contributed by atoms with van der Waals surface area (Å²) in [6.07, 6.45) is 3.49. The van der Waals surface area contributed by atoms with E-state index < -0.39 is 0 Å². The molecule has 1 atom stereocenters. The molecule has 1 unspecified atom stereocenters. The minimum atomic E-state index is -0.381. The molecule has 21 heavy (non-hydrogen) atoms. The van der Waals surface area contributed by atoms with E-state index in [1.165, 1.54) is 6.07 Å². The number of benzene rings is 1. The number of nitrogens with zero attached hydrogens (tertiary/aromatic N) is 1. The monoisotopic (exact) mass is 352 g/mol. The zero-order chi connectivity index (χ0) is 15.2. The molecule has 1 aromatic heterocycles. The van der Waals surface area contributed by atoms with Gasteiger partial charge in [0.25, 0.3) is 5.69 Å². The third kappa shape index (κ3) is 4.41. The van der Waals surface area contributed by atoms with E-state index in [0.717, 1.165) is 24.2 Å². The summed E-state index contributed by atoms with van der Waals surface area (Å²) in [6, 6.07) is 9.21. The molecule has 0 spiro atoms. The maximum absolute atomic E-state index is 10.9. The molecule has 0 aliphatic heterocycles. The van der Waals surface area contributed by atoms with Gasteiger partial charge in [-0.2, -0.15) is 0 Å². The number of nitrogens with one attached hydrogen (secondary N) is 1. The number of halogens is 1. The second-order valence-corrected chi connectivity index (χ2v) is 5.70. The number of aryl methyl sites for hydroxylation is 1. The van der Waals surface area contributed by atoms with Crippen molar-refractivity contribution in [3.63, 3.8) is 0 Å². The second-order valence-electron chi connectivity index (χ2n) is 4.91. The highest BCUT2D eigenvalue weighted by atomic mass is 79.9. The molecule has 0 aliphatic carbocycles. The lowest BCUT2D eigenvalue weighted by Crippen LogP contribution is -2.26. The lowest BCUT2D eigenvalue weighted by Gasteiger charge is -2.14. The SMILES string of the molecule is CC(CCc1ccco1)NCc1cccc([N+](=O)[O-])c1Br. The van der Waals surface area contributed by atoms with E-state index in [1.807, 2.05) is 18.2 Å². The summed E-state index contributed by atoms with van der Waals surface area (Å²) in [5.41, 5.74) is 0.978. The van der Waals surface area contributed by atoms with Gasteiger partial charge in [-0.1, -0.05) is 12.1 Å². The Kier molecular flexibility index (Phi) is 5.52. The van der Waals surface area contributed by atoms with Crippen LogP contribution in [0, 0.1) is 10.1 Å². The standard InChI is InChI=1S/C15H17BrN2O3/c1-11(7-8-13-5-3-9-21-13)17-10-12-4-2-6-14(15(12)16)18(19)20/h2-6,9,11,17H,7-8,10H2,1H3. The van der Waals surface area contributed by atoms with E-state index >= 15 is 0 Å². The molecule has 0 saturated heterocycles. The number of hydrogen-bond donors (Lipinski definition) is 1. The van der Waals surface area contributed by atoms with Crippen molar-refractivity contribution in [1.29, 1.82) is 0 Å². The smallest absolute Gasteiger partial charge is 0.283 e. The Morgan fingerprint density at radius 2 is 2.19 bits per heavy atom. The maximum atomic E-state index is 10.9. The maximum Gasteiger partial charge on any atom is 0.283 e. The van der Waals surface area contributed by atoms with Gasteiger partial charge >= 0.3 is 0 Å². The van der Waals surface area contributed by atoms with Crippen LogP contribution in [-0.2, 0) is 13.0 Å². The van der Waals surface area contributed by atoms with Crippen LogP contribution < -0.4 is 5.32 Å². The molecular weight excluding hydrogens is 336 g/mol. The average molecular weight is 353 g/mol. The number of nitro benzene ring substituents is 1. The van der Waals surface area contributed by atoms with Crippen LogP contribution in [-0.4, -0.2) is 11.0 Å². The number of hydrogen-bond acceptors (Lipinski definition) is 4. The number of nitro groups is 1. The Morgan fingerprint density at radius 1 is 1.38 bits per heavy atom. The molecule has 112 valence electrons. The van der Waals surface area contributed by atoms with Crippen LogP contribution in [0.1, 0.15) is 24.7 Å². The first-order chi connectivity index (χ1) is 10.1. The summed E-state index contributed by atoms with van der Waals surface area (Å²) in [6.45, 7) is 2.68. The molecule has 0 saturated carbocycles. The fraction of sp³-hybridized carbons (Fsp3) is 0.333. The van der Waals surface area contributed by atoms with Gasteiger partial charge in [0, 0.05) is 25.1 Å². The van der Waals surface area contributed by atoms with Crippen LogP contribution in [0.4, 0.5) is 5.69 Å². The van der Waals surface area contributed by atoms with Gasteiger partial charge in [-0.25, -0.2) is 0 Å². The zero-order valence-electron chi connectivity index (χ0n) is 11.7.